The van der Waals surface area contributed by atoms with E-state index in [1.165, 1.54) is 7.11 Å². The summed E-state index contributed by atoms with van der Waals surface area (Å²) in [5.41, 5.74) is 0.0526. The minimum Gasteiger partial charge on any atom is -0.466 e. The largest absolute Gasteiger partial charge is 0.466 e. The van der Waals surface area contributed by atoms with E-state index >= 15 is 0 Å². The Labute approximate surface area is 181 Å². The molecule has 2 heterocycles. The molecule has 0 aromatic rings. The summed E-state index contributed by atoms with van der Waals surface area (Å²) in [6.07, 6.45) is 3.85. The lowest BCUT2D eigenvalue weighted by Gasteiger charge is -2.59. The summed E-state index contributed by atoms with van der Waals surface area (Å²) in [5, 5.41) is 0. The van der Waals surface area contributed by atoms with Crippen LogP contribution in [0.2, 0.25) is 0 Å². The highest BCUT2D eigenvalue weighted by Crippen LogP contribution is 2.69. The van der Waals surface area contributed by atoms with Crippen molar-refractivity contribution in [3.63, 3.8) is 0 Å². The SMILES string of the molecule is CCOC(=O)CCSC12C[C@H]3OC(=O)C4(C)CCC[C@](C)(C1=CC(=O)OC2OC)[C@@H]34. The molecule has 3 unspecified atom stereocenters. The average Bonchev–Trinajstić information content (AvgIpc) is 2.94. The molecular formula is C22H30O7S. The van der Waals surface area contributed by atoms with E-state index in [2.05, 4.69) is 6.92 Å². The van der Waals surface area contributed by atoms with E-state index in [0.717, 1.165) is 24.8 Å². The van der Waals surface area contributed by atoms with Crippen molar-refractivity contribution in [2.45, 2.75) is 70.0 Å². The summed E-state index contributed by atoms with van der Waals surface area (Å²) < 4.78 is 21.5. The summed E-state index contributed by atoms with van der Waals surface area (Å²) in [7, 11) is 1.52. The molecule has 8 heteroatoms. The molecule has 7 nitrogen and oxygen atoms in total. The maximum Gasteiger partial charge on any atom is 0.333 e. The number of methoxy groups -OCH3 is 1. The van der Waals surface area contributed by atoms with Gasteiger partial charge in [-0.1, -0.05) is 13.3 Å². The van der Waals surface area contributed by atoms with Crippen LogP contribution in [0.15, 0.2) is 11.6 Å². The van der Waals surface area contributed by atoms with Crippen molar-refractivity contribution in [2.24, 2.45) is 16.7 Å². The monoisotopic (exact) mass is 438 g/mol. The first kappa shape index (κ1) is 21.7. The van der Waals surface area contributed by atoms with E-state index in [1.54, 1.807) is 24.8 Å². The number of esters is 3. The zero-order chi connectivity index (χ0) is 21.7. The number of thioether (sulfide) groups is 1. The molecule has 6 atom stereocenters. The van der Waals surface area contributed by atoms with Gasteiger partial charge in [0, 0.05) is 31.3 Å². The second-order valence-electron chi connectivity index (χ2n) is 9.17. The predicted octanol–water partition coefficient (Wildman–Crippen LogP) is 3.01. The van der Waals surface area contributed by atoms with Gasteiger partial charge in [-0.05, 0) is 37.7 Å². The molecule has 166 valence electrons. The van der Waals surface area contributed by atoms with Gasteiger partial charge < -0.3 is 18.9 Å². The molecule has 0 N–H and O–H groups in total. The second-order valence-corrected chi connectivity index (χ2v) is 10.6. The number of hydrogen-bond acceptors (Lipinski definition) is 8. The van der Waals surface area contributed by atoms with Crippen molar-refractivity contribution in [3.8, 4) is 0 Å². The van der Waals surface area contributed by atoms with E-state index < -0.39 is 22.4 Å². The minimum atomic E-state index is -0.803. The highest BCUT2D eigenvalue weighted by molar-refractivity contribution is 8.00. The van der Waals surface area contributed by atoms with Crippen LogP contribution in [-0.2, 0) is 33.3 Å². The predicted molar refractivity (Wildman–Crippen MR) is 109 cm³/mol. The van der Waals surface area contributed by atoms with E-state index in [0.29, 0.717) is 18.8 Å². The van der Waals surface area contributed by atoms with Crippen molar-refractivity contribution in [2.75, 3.05) is 19.5 Å². The molecule has 30 heavy (non-hydrogen) atoms. The molecule has 2 saturated carbocycles. The van der Waals surface area contributed by atoms with Crippen molar-refractivity contribution in [1.29, 1.82) is 0 Å². The molecule has 2 aliphatic heterocycles. The fraction of sp³-hybridized carbons (Fsp3) is 0.773. The molecule has 4 aliphatic rings. The topological polar surface area (TPSA) is 88.1 Å². The van der Waals surface area contributed by atoms with E-state index in [9.17, 15) is 14.4 Å². The molecular weight excluding hydrogens is 408 g/mol. The van der Waals surface area contributed by atoms with Crippen LogP contribution in [0.5, 0.6) is 0 Å². The molecule has 0 aromatic heterocycles. The summed E-state index contributed by atoms with van der Waals surface area (Å²) in [4.78, 5) is 37.3. The third-order valence-electron chi connectivity index (χ3n) is 7.49. The molecule has 2 aliphatic carbocycles. The molecule has 0 spiro atoms. The van der Waals surface area contributed by atoms with Crippen molar-refractivity contribution in [1.82, 2.24) is 0 Å². The van der Waals surface area contributed by atoms with Crippen molar-refractivity contribution in [3.05, 3.63) is 11.6 Å². The first-order valence-corrected chi connectivity index (χ1v) is 11.7. The zero-order valence-corrected chi connectivity index (χ0v) is 18.8. The summed E-state index contributed by atoms with van der Waals surface area (Å²) >= 11 is 1.55. The van der Waals surface area contributed by atoms with Crippen LogP contribution in [0, 0.1) is 16.7 Å². The first-order chi connectivity index (χ1) is 14.2. The second kappa shape index (κ2) is 7.55. The number of ether oxygens (including phenoxy) is 4. The molecule has 3 fully saturated rings. The van der Waals surface area contributed by atoms with Crippen molar-refractivity contribution >= 4 is 29.7 Å². The summed E-state index contributed by atoms with van der Waals surface area (Å²) in [6.45, 7) is 6.28. The maximum atomic E-state index is 12.9. The third kappa shape index (κ3) is 3.01. The number of fused-ring (bicyclic) bond motifs is 2. The Bertz CT molecular complexity index is 794. The average molecular weight is 439 g/mol. The molecule has 0 aromatic carbocycles. The Balaban J connectivity index is 1.74. The van der Waals surface area contributed by atoms with Crippen LogP contribution in [0.1, 0.15) is 52.9 Å². The van der Waals surface area contributed by atoms with Crippen LogP contribution in [0.3, 0.4) is 0 Å². The van der Waals surface area contributed by atoms with E-state index in [1.807, 2.05) is 6.92 Å². The van der Waals surface area contributed by atoms with Gasteiger partial charge in [0.05, 0.1) is 18.4 Å². The normalized spacial score (nSPS) is 41.9. The van der Waals surface area contributed by atoms with Gasteiger partial charge in [0.25, 0.3) is 0 Å². The van der Waals surface area contributed by atoms with Gasteiger partial charge >= 0.3 is 17.9 Å². The van der Waals surface area contributed by atoms with Crippen LogP contribution in [0.25, 0.3) is 0 Å². The molecule has 1 saturated heterocycles. The quantitative estimate of drug-likeness (QED) is 0.462. The molecule has 4 rings (SSSR count). The molecule has 0 bridgehead atoms. The zero-order valence-electron chi connectivity index (χ0n) is 18.0. The smallest absolute Gasteiger partial charge is 0.333 e. The lowest BCUT2D eigenvalue weighted by molar-refractivity contribution is -0.184. The summed E-state index contributed by atoms with van der Waals surface area (Å²) in [6, 6.07) is 0. The van der Waals surface area contributed by atoms with Crippen LogP contribution in [0.4, 0.5) is 0 Å². The minimum absolute atomic E-state index is 0.0136. The Morgan fingerprint density at radius 2 is 1.97 bits per heavy atom. The fourth-order valence-electron chi connectivity index (χ4n) is 6.44. The van der Waals surface area contributed by atoms with Gasteiger partial charge in [0.1, 0.15) is 10.9 Å². The Hall–Kier alpha value is -1.54. The highest BCUT2D eigenvalue weighted by atomic mass is 32.2. The third-order valence-corrected chi connectivity index (χ3v) is 8.99. The van der Waals surface area contributed by atoms with E-state index in [-0.39, 0.29) is 35.8 Å². The number of carbonyl (C=O) groups excluding carboxylic acids is 3. The lowest BCUT2D eigenvalue weighted by atomic mass is 9.47. The number of cyclic esters (lactones) is 1. The van der Waals surface area contributed by atoms with Gasteiger partial charge in [-0.2, -0.15) is 0 Å². The molecule has 0 radical (unpaired) electrons. The Morgan fingerprint density at radius 3 is 2.67 bits per heavy atom. The fourth-order valence-corrected chi connectivity index (χ4v) is 8.08. The Kier molecular flexibility index (Phi) is 5.46. The molecule has 0 amide bonds. The van der Waals surface area contributed by atoms with Gasteiger partial charge in [-0.25, -0.2) is 4.79 Å². The van der Waals surface area contributed by atoms with Gasteiger partial charge in [-0.15, -0.1) is 11.8 Å². The number of hydrogen-bond donors (Lipinski definition) is 0. The maximum absolute atomic E-state index is 12.9. The van der Waals surface area contributed by atoms with Crippen LogP contribution in [-0.4, -0.2) is 54.5 Å². The van der Waals surface area contributed by atoms with Gasteiger partial charge in [0.2, 0.25) is 6.29 Å². The lowest BCUT2D eigenvalue weighted by Crippen LogP contribution is -2.62. The van der Waals surface area contributed by atoms with E-state index in [4.69, 9.17) is 18.9 Å². The van der Waals surface area contributed by atoms with Crippen molar-refractivity contribution < 1.29 is 33.3 Å². The van der Waals surface area contributed by atoms with Crippen LogP contribution >= 0.6 is 11.8 Å². The standard InChI is InChI=1S/C22H30O7S/c1-5-27-15(23)7-10-30-22-12-13-17-20(2,8-6-9-21(17,3)18(25)28-13)14(22)11-16(24)29-19(22)26-4/h11,13,17,19H,5-10,12H2,1-4H3/t13-,17-,19?,20-,21?,22?/m1/s1. The van der Waals surface area contributed by atoms with Gasteiger partial charge in [0.15, 0.2) is 0 Å². The first-order valence-electron chi connectivity index (χ1n) is 10.7. The number of rotatable bonds is 6. The Morgan fingerprint density at radius 1 is 1.23 bits per heavy atom. The van der Waals surface area contributed by atoms with Gasteiger partial charge in [-0.3, -0.25) is 9.59 Å². The summed E-state index contributed by atoms with van der Waals surface area (Å²) in [5.74, 6) is -0.316. The van der Waals surface area contributed by atoms with Crippen LogP contribution < -0.4 is 0 Å². The number of carbonyl (C=O) groups is 3. The highest BCUT2D eigenvalue weighted by Gasteiger charge is 2.71.